The van der Waals surface area contributed by atoms with Gasteiger partial charge in [0, 0.05) is 17.9 Å². The summed E-state index contributed by atoms with van der Waals surface area (Å²) in [5.41, 5.74) is 3.24. The number of benzene rings is 2. The van der Waals surface area contributed by atoms with Crippen LogP contribution in [0.3, 0.4) is 0 Å². The van der Waals surface area contributed by atoms with Crippen molar-refractivity contribution in [1.29, 1.82) is 0 Å². The molecule has 21 heavy (non-hydrogen) atoms. The van der Waals surface area contributed by atoms with E-state index in [1.54, 1.807) is 0 Å². The molecule has 0 radical (unpaired) electrons. The summed E-state index contributed by atoms with van der Waals surface area (Å²) in [4.78, 5) is 11.9. The van der Waals surface area contributed by atoms with E-state index < -0.39 is 0 Å². The molecule has 0 unspecified atom stereocenters. The summed E-state index contributed by atoms with van der Waals surface area (Å²) >= 11 is 0. The van der Waals surface area contributed by atoms with Crippen LogP contribution in [-0.4, -0.2) is 19.1 Å². The Morgan fingerprint density at radius 3 is 2.90 bits per heavy atom. The molecule has 1 amide bonds. The second kappa shape index (κ2) is 6.31. The van der Waals surface area contributed by atoms with Crippen LogP contribution in [-0.2, 0) is 11.2 Å². The minimum Gasteiger partial charge on any atom is -0.484 e. The average molecular weight is 282 g/mol. The van der Waals surface area contributed by atoms with Crippen molar-refractivity contribution in [3.8, 4) is 5.75 Å². The Hall–Kier alpha value is -2.49. The molecule has 0 saturated heterocycles. The van der Waals surface area contributed by atoms with Gasteiger partial charge in [0.25, 0.3) is 5.91 Å². The highest BCUT2D eigenvalue weighted by molar-refractivity contribution is 5.92. The first-order valence-electron chi connectivity index (χ1n) is 7.16. The van der Waals surface area contributed by atoms with Gasteiger partial charge in [0.2, 0.25) is 0 Å². The second-order valence-corrected chi connectivity index (χ2v) is 5.05. The largest absolute Gasteiger partial charge is 0.484 e. The van der Waals surface area contributed by atoms with Gasteiger partial charge in [-0.2, -0.15) is 0 Å². The predicted octanol–water partition coefficient (Wildman–Crippen LogP) is 3.06. The van der Waals surface area contributed by atoms with Crippen LogP contribution >= 0.6 is 0 Å². The Labute approximate surface area is 124 Å². The molecule has 2 aromatic rings. The molecule has 3 rings (SSSR count). The van der Waals surface area contributed by atoms with Crippen LogP contribution in [0.15, 0.2) is 48.5 Å². The number of carbonyl (C=O) groups excluding carboxylic acids is 1. The maximum absolute atomic E-state index is 11.9. The Kier molecular flexibility index (Phi) is 4.05. The third-order valence-electron chi connectivity index (χ3n) is 3.44. The van der Waals surface area contributed by atoms with Gasteiger partial charge in [-0.1, -0.05) is 18.2 Å². The topological polar surface area (TPSA) is 50.4 Å². The smallest absolute Gasteiger partial charge is 0.262 e. The van der Waals surface area contributed by atoms with Gasteiger partial charge in [0.15, 0.2) is 6.61 Å². The number of carbonyl (C=O) groups is 1. The van der Waals surface area contributed by atoms with E-state index in [4.69, 9.17) is 4.74 Å². The number of hydrogen-bond donors (Lipinski definition) is 2. The zero-order valence-corrected chi connectivity index (χ0v) is 11.8. The summed E-state index contributed by atoms with van der Waals surface area (Å²) < 4.78 is 5.43. The molecule has 108 valence electrons. The molecule has 0 fully saturated rings. The highest BCUT2D eigenvalue weighted by Crippen LogP contribution is 2.25. The minimum absolute atomic E-state index is 0.0132. The first-order chi connectivity index (χ1) is 10.3. The van der Waals surface area contributed by atoms with Crippen molar-refractivity contribution in [2.24, 2.45) is 0 Å². The van der Waals surface area contributed by atoms with Crippen LogP contribution in [0.5, 0.6) is 5.75 Å². The van der Waals surface area contributed by atoms with Crippen molar-refractivity contribution in [3.63, 3.8) is 0 Å². The zero-order valence-electron chi connectivity index (χ0n) is 11.8. The number of rotatable bonds is 4. The van der Waals surface area contributed by atoms with E-state index in [2.05, 4.69) is 10.6 Å². The lowest BCUT2D eigenvalue weighted by Gasteiger charge is -2.18. The van der Waals surface area contributed by atoms with Gasteiger partial charge in [-0.25, -0.2) is 0 Å². The second-order valence-electron chi connectivity index (χ2n) is 5.05. The van der Waals surface area contributed by atoms with Crippen LogP contribution in [0, 0.1) is 0 Å². The van der Waals surface area contributed by atoms with E-state index >= 15 is 0 Å². The average Bonchev–Trinajstić information content (AvgIpc) is 2.54. The fraction of sp³-hybridized carbons (Fsp3) is 0.235. The minimum atomic E-state index is -0.150. The molecular formula is C17H18N2O2. The van der Waals surface area contributed by atoms with E-state index in [0.717, 1.165) is 25.1 Å². The maximum atomic E-state index is 11.9. The van der Waals surface area contributed by atoms with Gasteiger partial charge in [0.1, 0.15) is 5.75 Å². The SMILES string of the molecule is O=C(COc1ccccc1)Nc1ccc2c(c1)CCCN2. The number of ether oxygens (including phenoxy) is 1. The van der Waals surface area contributed by atoms with Gasteiger partial charge >= 0.3 is 0 Å². The van der Waals surface area contributed by atoms with Crippen LogP contribution in [0.2, 0.25) is 0 Å². The zero-order chi connectivity index (χ0) is 14.5. The van der Waals surface area contributed by atoms with Gasteiger partial charge in [-0.3, -0.25) is 4.79 Å². The summed E-state index contributed by atoms with van der Waals surface area (Å²) in [6, 6.07) is 15.3. The number of para-hydroxylation sites is 1. The third-order valence-corrected chi connectivity index (χ3v) is 3.44. The van der Waals surface area contributed by atoms with E-state index in [9.17, 15) is 4.79 Å². The Bertz CT molecular complexity index is 626. The normalized spacial score (nSPS) is 13.0. The molecule has 2 N–H and O–H groups in total. The van der Waals surface area contributed by atoms with Crippen LogP contribution in [0.1, 0.15) is 12.0 Å². The van der Waals surface area contributed by atoms with Crippen LogP contribution in [0.25, 0.3) is 0 Å². The molecule has 0 atom stereocenters. The summed E-state index contributed by atoms with van der Waals surface area (Å²) in [5.74, 6) is 0.546. The molecule has 0 aliphatic carbocycles. The molecule has 0 bridgehead atoms. The summed E-state index contributed by atoms with van der Waals surface area (Å²) in [6.45, 7) is 1.03. The Morgan fingerprint density at radius 2 is 2.05 bits per heavy atom. The predicted molar refractivity (Wildman–Crippen MR) is 83.8 cm³/mol. The van der Waals surface area contributed by atoms with Gasteiger partial charge in [-0.15, -0.1) is 0 Å². The van der Waals surface area contributed by atoms with Crippen molar-refractivity contribution in [3.05, 3.63) is 54.1 Å². The first kappa shape index (κ1) is 13.5. The number of nitrogens with one attached hydrogen (secondary N) is 2. The highest BCUT2D eigenvalue weighted by Gasteiger charge is 2.10. The van der Waals surface area contributed by atoms with Crippen molar-refractivity contribution >= 4 is 17.3 Å². The lowest BCUT2D eigenvalue weighted by Crippen LogP contribution is -2.20. The summed E-state index contributed by atoms with van der Waals surface area (Å²) in [6.07, 6.45) is 2.17. The molecule has 4 nitrogen and oxygen atoms in total. The van der Waals surface area contributed by atoms with Crippen LogP contribution < -0.4 is 15.4 Å². The van der Waals surface area contributed by atoms with E-state index in [1.807, 2.05) is 48.5 Å². The Morgan fingerprint density at radius 1 is 1.19 bits per heavy atom. The van der Waals surface area contributed by atoms with Crippen molar-refractivity contribution < 1.29 is 9.53 Å². The monoisotopic (exact) mass is 282 g/mol. The van der Waals surface area contributed by atoms with Gasteiger partial charge in [-0.05, 0) is 48.7 Å². The highest BCUT2D eigenvalue weighted by atomic mass is 16.5. The lowest BCUT2D eigenvalue weighted by molar-refractivity contribution is -0.118. The third kappa shape index (κ3) is 3.54. The molecule has 1 aliphatic rings. The molecule has 4 heteroatoms. The van der Waals surface area contributed by atoms with Gasteiger partial charge < -0.3 is 15.4 Å². The molecule has 0 aromatic heterocycles. The molecule has 1 aliphatic heterocycles. The maximum Gasteiger partial charge on any atom is 0.262 e. The van der Waals surface area contributed by atoms with E-state index in [1.165, 1.54) is 11.3 Å². The quantitative estimate of drug-likeness (QED) is 0.906. The fourth-order valence-electron chi connectivity index (χ4n) is 2.42. The van der Waals surface area contributed by atoms with Crippen molar-refractivity contribution in [2.75, 3.05) is 23.8 Å². The molecular weight excluding hydrogens is 264 g/mol. The number of amides is 1. The van der Waals surface area contributed by atoms with Crippen molar-refractivity contribution in [1.82, 2.24) is 0 Å². The van der Waals surface area contributed by atoms with E-state index in [-0.39, 0.29) is 12.5 Å². The Balaban J connectivity index is 1.57. The van der Waals surface area contributed by atoms with E-state index in [0.29, 0.717) is 5.75 Å². The summed E-state index contributed by atoms with van der Waals surface area (Å²) in [7, 11) is 0. The molecule has 0 spiro atoms. The summed E-state index contributed by atoms with van der Waals surface area (Å²) in [5, 5.41) is 6.22. The number of hydrogen-bond acceptors (Lipinski definition) is 3. The standard InChI is InChI=1S/C17H18N2O2/c20-17(12-21-15-6-2-1-3-7-15)19-14-8-9-16-13(11-14)5-4-10-18-16/h1-3,6-9,11,18H,4-5,10,12H2,(H,19,20). The number of anilines is 2. The molecule has 0 saturated carbocycles. The number of aryl methyl sites for hydroxylation is 1. The van der Waals surface area contributed by atoms with Crippen molar-refractivity contribution in [2.45, 2.75) is 12.8 Å². The molecule has 1 heterocycles. The lowest BCUT2D eigenvalue weighted by atomic mass is 10.0. The molecule has 2 aromatic carbocycles. The fourth-order valence-corrected chi connectivity index (χ4v) is 2.42. The number of fused-ring (bicyclic) bond motifs is 1. The van der Waals surface area contributed by atoms with Crippen LogP contribution in [0.4, 0.5) is 11.4 Å². The first-order valence-corrected chi connectivity index (χ1v) is 7.16. The van der Waals surface area contributed by atoms with Gasteiger partial charge in [0.05, 0.1) is 0 Å².